The fourth-order valence-electron chi connectivity index (χ4n) is 1.67. The maximum atomic E-state index is 13.6. The van der Waals surface area contributed by atoms with Gasteiger partial charge in [0.25, 0.3) is 0 Å². The Morgan fingerprint density at radius 1 is 1.28 bits per heavy atom. The van der Waals surface area contributed by atoms with E-state index < -0.39 is 0 Å². The number of halogens is 1. The Morgan fingerprint density at radius 3 is 2.61 bits per heavy atom. The van der Waals surface area contributed by atoms with Crippen molar-refractivity contribution >= 4 is 12.2 Å². The molecule has 2 nitrogen and oxygen atoms in total. The Bertz CT molecular complexity index is 632. The van der Waals surface area contributed by atoms with E-state index in [1.807, 2.05) is 19.9 Å². The average Bonchev–Trinajstić information content (AvgIpc) is 2.31. The first-order valence-corrected chi connectivity index (χ1v) is 6.26. The van der Waals surface area contributed by atoms with E-state index >= 15 is 0 Å². The molecule has 0 aliphatic heterocycles. The van der Waals surface area contributed by atoms with Crippen molar-refractivity contribution in [1.29, 1.82) is 0 Å². The SMILES string of the molecule is Cc1ccc(-c2cc(=S)nc(C(C)C)[nH]2)cc1F. The summed E-state index contributed by atoms with van der Waals surface area (Å²) in [5.41, 5.74) is 2.22. The van der Waals surface area contributed by atoms with E-state index in [0.717, 1.165) is 17.1 Å². The number of hydrogen-bond donors (Lipinski definition) is 1. The Morgan fingerprint density at radius 2 is 2.00 bits per heavy atom. The number of H-pyrrole nitrogens is 1. The predicted octanol–water partition coefficient (Wildman–Crippen LogP) is 4.38. The van der Waals surface area contributed by atoms with E-state index in [1.165, 1.54) is 6.07 Å². The fraction of sp³-hybridized carbons (Fsp3) is 0.286. The molecule has 0 fully saturated rings. The van der Waals surface area contributed by atoms with Gasteiger partial charge in [-0.1, -0.05) is 38.2 Å². The van der Waals surface area contributed by atoms with Crippen molar-refractivity contribution in [2.75, 3.05) is 0 Å². The third-order valence-electron chi connectivity index (χ3n) is 2.79. The van der Waals surface area contributed by atoms with Crippen LogP contribution in [0.1, 0.15) is 31.2 Å². The van der Waals surface area contributed by atoms with Crippen molar-refractivity contribution in [3.8, 4) is 11.3 Å². The van der Waals surface area contributed by atoms with Gasteiger partial charge in [0.05, 0.1) is 0 Å². The zero-order chi connectivity index (χ0) is 13.3. The van der Waals surface area contributed by atoms with Crippen LogP contribution in [0.3, 0.4) is 0 Å². The molecular weight excluding hydrogens is 247 g/mol. The van der Waals surface area contributed by atoms with Crippen molar-refractivity contribution < 1.29 is 4.39 Å². The van der Waals surface area contributed by atoms with Crippen LogP contribution in [0.25, 0.3) is 11.3 Å². The summed E-state index contributed by atoms with van der Waals surface area (Å²) in [7, 11) is 0. The van der Waals surface area contributed by atoms with Gasteiger partial charge < -0.3 is 4.98 Å². The molecule has 2 aromatic rings. The van der Waals surface area contributed by atoms with Gasteiger partial charge in [-0.05, 0) is 24.6 Å². The summed E-state index contributed by atoms with van der Waals surface area (Å²) in [6.45, 7) is 5.81. The second-order valence-corrected chi connectivity index (χ2v) is 5.06. The second kappa shape index (κ2) is 4.98. The molecular formula is C14H15FN2S. The lowest BCUT2D eigenvalue weighted by Gasteiger charge is -2.09. The Balaban J connectivity index is 2.56. The lowest BCUT2D eigenvalue weighted by molar-refractivity contribution is 0.619. The monoisotopic (exact) mass is 262 g/mol. The van der Waals surface area contributed by atoms with Gasteiger partial charge in [0.2, 0.25) is 0 Å². The standard InChI is InChI=1S/C14H15FN2S/c1-8(2)14-16-12(7-13(18)17-14)10-5-4-9(3)11(15)6-10/h4-8H,1-3H3,(H,16,17,18). The van der Waals surface area contributed by atoms with Crippen LogP contribution in [0.5, 0.6) is 0 Å². The molecule has 4 heteroatoms. The first kappa shape index (κ1) is 12.9. The normalized spacial score (nSPS) is 10.9. The van der Waals surface area contributed by atoms with Gasteiger partial charge in [-0.25, -0.2) is 9.37 Å². The highest BCUT2D eigenvalue weighted by atomic mass is 32.1. The minimum absolute atomic E-state index is 0.213. The summed E-state index contributed by atoms with van der Waals surface area (Å²) in [5.74, 6) is 0.857. The molecule has 0 amide bonds. The molecule has 0 unspecified atom stereocenters. The fourth-order valence-corrected chi connectivity index (χ4v) is 1.88. The summed E-state index contributed by atoms with van der Waals surface area (Å²) < 4.78 is 14.1. The van der Waals surface area contributed by atoms with E-state index in [0.29, 0.717) is 10.2 Å². The van der Waals surface area contributed by atoms with Crippen LogP contribution >= 0.6 is 12.2 Å². The van der Waals surface area contributed by atoms with Crippen LogP contribution in [-0.2, 0) is 0 Å². The molecule has 0 aliphatic rings. The third kappa shape index (κ3) is 2.64. The van der Waals surface area contributed by atoms with Gasteiger partial charge in [-0.2, -0.15) is 0 Å². The van der Waals surface area contributed by atoms with Crippen molar-refractivity contribution in [1.82, 2.24) is 9.97 Å². The molecule has 0 saturated heterocycles. The zero-order valence-corrected chi connectivity index (χ0v) is 11.4. The molecule has 0 radical (unpaired) electrons. The van der Waals surface area contributed by atoms with Gasteiger partial charge >= 0.3 is 0 Å². The molecule has 0 aliphatic carbocycles. The predicted molar refractivity (Wildman–Crippen MR) is 73.6 cm³/mol. The van der Waals surface area contributed by atoms with Gasteiger partial charge in [-0.3, -0.25) is 0 Å². The lowest BCUT2D eigenvalue weighted by Crippen LogP contribution is -1.99. The highest BCUT2D eigenvalue weighted by Gasteiger charge is 2.07. The van der Waals surface area contributed by atoms with Crippen LogP contribution < -0.4 is 0 Å². The molecule has 1 N–H and O–H groups in total. The summed E-state index contributed by atoms with van der Waals surface area (Å²) in [6, 6.07) is 6.91. The Hall–Kier alpha value is -1.55. The minimum atomic E-state index is -0.213. The number of benzene rings is 1. The smallest absolute Gasteiger partial charge is 0.130 e. The van der Waals surface area contributed by atoms with Crippen LogP contribution in [0.2, 0.25) is 0 Å². The number of nitrogens with one attached hydrogen (secondary N) is 1. The topological polar surface area (TPSA) is 28.7 Å². The van der Waals surface area contributed by atoms with E-state index in [-0.39, 0.29) is 11.7 Å². The first-order valence-electron chi connectivity index (χ1n) is 5.85. The quantitative estimate of drug-likeness (QED) is 0.814. The molecule has 94 valence electrons. The maximum Gasteiger partial charge on any atom is 0.130 e. The number of aromatic amines is 1. The number of aryl methyl sites for hydroxylation is 1. The molecule has 1 aromatic heterocycles. The van der Waals surface area contributed by atoms with Crippen molar-refractivity contribution in [2.45, 2.75) is 26.7 Å². The average molecular weight is 262 g/mol. The van der Waals surface area contributed by atoms with Gasteiger partial charge in [0, 0.05) is 17.2 Å². The van der Waals surface area contributed by atoms with Crippen LogP contribution in [0.4, 0.5) is 4.39 Å². The largest absolute Gasteiger partial charge is 0.343 e. The number of hydrogen-bond acceptors (Lipinski definition) is 2. The highest BCUT2D eigenvalue weighted by Crippen LogP contribution is 2.21. The molecule has 0 atom stereocenters. The van der Waals surface area contributed by atoms with Crippen LogP contribution in [0, 0.1) is 17.4 Å². The van der Waals surface area contributed by atoms with Crippen LogP contribution in [0.15, 0.2) is 24.3 Å². The van der Waals surface area contributed by atoms with Crippen LogP contribution in [-0.4, -0.2) is 9.97 Å². The van der Waals surface area contributed by atoms with Gasteiger partial charge in [0.15, 0.2) is 0 Å². The molecule has 0 spiro atoms. The maximum absolute atomic E-state index is 13.6. The number of rotatable bonds is 2. The van der Waals surface area contributed by atoms with Gasteiger partial charge in [0.1, 0.15) is 16.3 Å². The molecule has 0 bridgehead atoms. The Labute approximate surface area is 111 Å². The molecule has 0 saturated carbocycles. The first-order chi connectivity index (χ1) is 8.47. The van der Waals surface area contributed by atoms with Crippen molar-refractivity contribution in [3.05, 3.63) is 46.1 Å². The van der Waals surface area contributed by atoms with E-state index in [1.54, 1.807) is 19.1 Å². The number of nitrogens with zero attached hydrogens (tertiary/aromatic N) is 1. The summed E-state index contributed by atoms with van der Waals surface area (Å²) in [6.07, 6.45) is 0. The van der Waals surface area contributed by atoms with Crippen molar-refractivity contribution in [3.63, 3.8) is 0 Å². The summed E-state index contributed by atoms with van der Waals surface area (Å²) >= 11 is 5.14. The van der Waals surface area contributed by atoms with E-state index in [4.69, 9.17) is 12.2 Å². The van der Waals surface area contributed by atoms with Crippen molar-refractivity contribution in [2.24, 2.45) is 0 Å². The van der Waals surface area contributed by atoms with Gasteiger partial charge in [-0.15, -0.1) is 0 Å². The highest BCUT2D eigenvalue weighted by molar-refractivity contribution is 7.71. The minimum Gasteiger partial charge on any atom is -0.343 e. The third-order valence-corrected chi connectivity index (χ3v) is 3.00. The van der Waals surface area contributed by atoms with E-state index in [2.05, 4.69) is 9.97 Å². The second-order valence-electron chi connectivity index (χ2n) is 4.64. The summed E-state index contributed by atoms with van der Waals surface area (Å²) in [4.78, 5) is 7.47. The molecule has 1 aromatic carbocycles. The molecule has 18 heavy (non-hydrogen) atoms. The Kier molecular flexibility index (Phi) is 3.57. The molecule has 1 heterocycles. The van der Waals surface area contributed by atoms with E-state index in [9.17, 15) is 4.39 Å². The molecule has 2 rings (SSSR count). The zero-order valence-electron chi connectivity index (χ0n) is 10.6. The lowest BCUT2D eigenvalue weighted by atomic mass is 10.1. The number of aromatic nitrogens is 2. The summed E-state index contributed by atoms with van der Waals surface area (Å²) in [5, 5.41) is 0.